The first-order valence-corrected chi connectivity index (χ1v) is 6.59. The van der Waals surface area contributed by atoms with Gasteiger partial charge >= 0.3 is 6.09 Å². The number of unbranched alkanes of at least 4 members (excludes halogenated alkanes) is 1. The molecule has 0 fully saturated rings. The van der Waals surface area contributed by atoms with Gasteiger partial charge in [-0.25, -0.2) is 4.79 Å². The molecule has 0 aliphatic heterocycles. The lowest BCUT2D eigenvalue weighted by Crippen LogP contribution is -2.22. The van der Waals surface area contributed by atoms with E-state index in [9.17, 15) is 4.79 Å². The van der Waals surface area contributed by atoms with Gasteiger partial charge in [0.25, 0.3) is 0 Å². The van der Waals surface area contributed by atoms with Gasteiger partial charge in [0.2, 0.25) is 0 Å². The van der Waals surface area contributed by atoms with Crippen molar-refractivity contribution < 1.29 is 14.6 Å². The Bertz CT molecular complexity index is 340. The summed E-state index contributed by atoms with van der Waals surface area (Å²) >= 11 is 3.38. The van der Waals surface area contributed by atoms with Crippen LogP contribution >= 0.6 is 15.9 Å². The van der Waals surface area contributed by atoms with Crippen molar-refractivity contribution in [2.75, 3.05) is 13.2 Å². The highest BCUT2D eigenvalue weighted by atomic mass is 79.9. The molecule has 0 unspecified atom stereocenters. The van der Waals surface area contributed by atoms with E-state index in [4.69, 9.17) is 9.84 Å². The normalized spacial score (nSPS) is 9.94. The lowest BCUT2D eigenvalue weighted by atomic mass is 10.2. The highest BCUT2D eigenvalue weighted by Crippen LogP contribution is 2.14. The molecule has 17 heavy (non-hydrogen) atoms. The van der Waals surface area contributed by atoms with Crippen molar-refractivity contribution in [3.8, 4) is 5.75 Å². The zero-order valence-electron chi connectivity index (χ0n) is 9.49. The molecule has 0 aliphatic carbocycles. The summed E-state index contributed by atoms with van der Waals surface area (Å²) < 4.78 is 5.52. The van der Waals surface area contributed by atoms with Crippen LogP contribution in [0.15, 0.2) is 24.3 Å². The molecule has 1 aromatic carbocycles. The fourth-order valence-electron chi connectivity index (χ4n) is 1.29. The Kier molecular flexibility index (Phi) is 6.47. The van der Waals surface area contributed by atoms with Crippen molar-refractivity contribution in [2.45, 2.75) is 18.2 Å². The largest absolute Gasteiger partial charge is 0.494 e. The molecule has 0 spiro atoms. The molecule has 5 heteroatoms. The van der Waals surface area contributed by atoms with Crippen LogP contribution in [0.2, 0.25) is 0 Å². The minimum atomic E-state index is -0.976. The standard InChI is InChI=1S/C12H16BrNO3/c13-9-10-3-5-11(6-4-10)17-8-2-1-7-14-12(15)16/h3-6,14H,1-2,7-9H2,(H,15,16). The van der Waals surface area contributed by atoms with Crippen LogP contribution in [0.25, 0.3) is 0 Å². The second-order valence-electron chi connectivity index (χ2n) is 3.57. The molecule has 0 radical (unpaired) electrons. The number of carbonyl (C=O) groups is 1. The lowest BCUT2D eigenvalue weighted by molar-refractivity contribution is 0.194. The highest BCUT2D eigenvalue weighted by molar-refractivity contribution is 9.08. The predicted octanol–water partition coefficient (Wildman–Crippen LogP) is 3.01. The van der Waals surface area contributed by atoms with Crippen LogP contribution in [-0.4, -0.2) is 24.4 Å². The quantitative estimate of drug-likeness (QED) is 0.601. The molecule has 0 saturated heterocycles. The Labute approximate surface area is 109 Å². The van der Waals surface area contributed by atoms with Gasteiger partial charge in [-0.05, 0) is 30.5 Å². The molecule has 0 heterocycles. The summed E-state index contributed by atoms with van der Waals surface area (Å²) in [5, 5.41) is 11.5. The molecule has 1 rings (SSSR count). The van der Waals surface area contributed by atoms with Gasteiger partial charge in [0.05, 0.1) is 6.61 Å². The van der Waals surface area contributed by atoms with E-state index in [1.54, 1.807) is 0 Å². The van der Waals surface area contributed by atoms with E-state index in [0.717, 1.165) is 23.9 Å². The lowest BCUT2D eigenvalue weighted by Gasteiger charge is -2.06. The number of rotatable bonds is 7. The highest BCUT2D eigenvalue weighted by Gasteiger charge is 1.96. The summed E-state index contributed by atoms with van der Waals surface area (Å²) in [4.78, 5) is 10.2. The molecule has 0 atom stereocenters. The number of alkyl halides is 1. The van der Waals surface area contributed by atoms with Crippen molar-refractivity contribution >= 4 is 22.0 Å². The van der Waals surface area contributed by atoms with Crippen LogP contribution in [-0.2, 0) is 5.33 Å². The van der Waals surface area contributed by atoms with Gasteiger partial charge in [0.15, 0.2) is 0 Å². The smallest absolute Gasteiger partial charge is 0.404 e. The fourth-order valence-corrected chi connectivity index (χ4v) is 1.66. The molecule has 94 valence electrons. The minimum Gasteiger partial charge on any atom is -0.494 e. The van der Waals surface area contributed by atoms with E-state index in [2.05, 4.69) is 21.2 Å². The molecule has 4 nitrogen and oxygen atoms in total. The number of halogens is 1. The molecule has 0 aromatic heterocycles. The van der Waals surface area contributed by atoms with Crippen LogP contribution in [0.1, 0.15) is 18.4 Å². The van der Waals surface area contributed by atoms with E-state index in [1.165, 1.54) is 5.56 Å². The van der Waals surface area contributed by atoms with E-state index in [0.29, 0.717) is 13.2 Å². The summed E-state index contributed by atoms with van der Waals surface area (Å²) in [5.41, 5.74) is 1.21. The Balaban J connectivity index is 2.11. The third kappa shape index (κ3) is 6.16. The maximum atomic E-state index is 10.2. The first-order chi connectivity index (χ1) is 8.22. The van der Waals surface area contributed by atoms with Gasteiger partial charge in [-0.3, -0.25) is 0 Å². The van der Waals surface area contributed by atoms with Gasteiger partial charge in [-0.1, -0.05) is 28.1 Å². The second-order valence-corrected chi connectivity index (χ2v) is 4.13. The summed E-state index contributed by atoms with van der Waals surface area (Å²) in [6, 6.07) is 7.89. The SMILES string of the molecule is O=C(O)NCCCCOc1ccc(CBr)cc1. The van der Waals surface area contributed by atoms with E-state index in [1.807, 2.05) is 24.3 Å². The Morgan fingerprint density at radius 1 is 1.29 bits per heavy atom. The van der Waals surface area contributed by atoms with Crippen molar-refractivity contribution in [1.82, 2.24) is 5.32 Å². The average Bonchev–Trinajstić information content (AvgIpc) is 2.34. The van der Waals surface area contributed by atoms with Crippen LogP contribution in [0.4, 0.5) is 4.79 Å². The van der Waals surface area contributed by atoms with E-state index >= 15 is 0 Å². The topological polar surface area (TPSA) is 58.6 Å². The predicted molar refractivity (Wildman–Crippen MR) is 69.8 cm³/mol. The van der Waals surface area contributed by atoms with Gasteiger partial charge in [0.1, 0.15) is 5.75 Å². The third-order valence-corrected chi connectivity index (χ3v) is 2.84. The zero-order valence-corrected chi connectivity index (χ0v) is 11.1. The van der Waals surface area contributed by atoms with Crippen molar-refractivity contribution in [3.05, 3.63) is 29.8 Å². The molecule has 0 bridgehead atoms. The maximum Gasteiger partial charge on any atom is 0.404 e. The van der Waals surface area contributed by atoms with Gasteiger partial charge in [-0.15, -0.1) is 0 Å². The summed E-state index contributed by atoms with van der Waals surface area (Å²) in [6.45, 7) is 1.08. The van der Waals surface area contributed by atoms with Gasteiger partial charge < -0.3 is 15.2 Å². The van der Waals surface area contributed by atoms with Gasteiger partial charge in [-0.2, -0.15) is 0 Å². The van der Waals surface area contributed by atoms with Crippen molar-refractivity contribution in [2.24, 2.45) is 0 Å². The summed E-state index contributed by atoms with van der Waals surface area (Å²) in [6.07, 6.45) is 0.642. The maximum absolute atomic E-state index is 10.2. The monoisotopic (exact) mass is 301 g/mol. The molecule has 0 saturated carbocycles. The molecule has 0 aliphatic rings. The van der Waals surface area contributed by atoms with Crippen LogP contribution in [0, 0.1) is 0 Å². The van der Waals surface area contributed by atoms with Crippen LogP contribution in [0.5, 0.6) is 5.75 Å². The molecule has 1 amide bonds. The number of amides is 1. The second kappa shape index (κ2) is 7.95. The molecule has 2 N–H and O–H groups in total. The number of hydrogen-bond donors (Lipinski definition) is 2. The number of ether oxygens (including phenoxy) is 1. The van der Waals surface area contributed by atoms with E-state index in [-0.39, 0.29) is 0 Å². The number of carboxylic acid groups (broad SMARTS) is 1. The Morgan fingerprint density at radius 2 is 2.00 bits per heavy atom. The summed E-state index contributed by atoms with van der Waals surface area (Å²) in [5.74, 6) is 0.848. The van der Waals surface area contributed by atoms with Crippen LogP contribution in [0.3, 0.4) is 0 Å². The molecular formula is C12H16BrNO3. The first kappa shape index (κ1) is 13.8. The first-order valence-electron chi connectivity index (χ1n) is 5.47. The van der Waals surface area contributed by atoms with E-state index < -0.39 is 6.09 Å². The number of nitrogens with one attached hydrogen (secondary N) is 1. The van der Waals surface area contributed by atoms with Crippen molar-refractivity contribution in [1.29, 1.82) is 0 Å². The summed E-state index contributed by atoms with van der Waals surface area (Å²) in [7, 11) is 0. The molecule has 1 aromatic rings. The van der Waals surface area contributed by atoms with Gasteiger partial charge in [0, 0.05) is 11.9 Å². The zero-order chi connectivity index (χ0) is 12.5. The average molecular weight is 302 g/mol. The fraction of sp³-hybridized carbons (Fsp3) is 0.417. The number of benzene rings is 1. The van der Waals surface area contributed by atoms with Crippen molar-refractivity contribution in [3.63, 3.8) is 0 Å². The third-order valence-electron chi connectivity index (χ3n) is 2.19. The number of hydrogen-bond acceptors (Lipinski definition) is 2. The Morgan fingerprint density at radius 3 is 2.59 bits per heavy atom. The minimum absolute atomic E-state index is 0.473. The van der Waals surface area contributed by atoms with Crippen LogP contribution < -0.4 is 10.1 Å². The molecular weight excluding hydrogens is 286 g/mol. The Hall–Kier alpha value is -1.23.